The van der Waals surface area contributed by atoms with Crippen LogP contribution in [0.25, 0.3) is 0 Å². The molecule has 1 saturated heterocycles. The van der Waals surface area contributed by atoms with E-state index >= 15 is 0 Å². The molecule has 19 heavy (non-hydrogen) atoms. The first-order valence-corrected chi connectivity index (χ1v) is 7.20. The number of benzene rings is 1. The molecule has 1 aliphatic heterocycles. The van der Waals surface area contributed by atoms with Gasteiger partial charge in [-0.1, -0.05) is 38.4 Å². The van der Waals surface area contributed by atoms with E-state index in [1.54, 1.807) is 6.07 Å². The average Bonchev–Trinajstić information content (AvgIpc) is 2.58. The molecule has 1 aromatic rings. The number of rotatable bonds is 1. The Labute approximate surface area is 119 Å². The van der Waals surface area contributed by atoms with E-state index in [1.165, 1.54) is 0 Å². The number of anilines is 1. The zero-order valence-electron chi connectivity index (χ0n) is 11.8. The van der Waals surface area contributed by atoms with Gasteiger partial charge in [0.2, 0.25) is 0 Å². The van der Waals surface area contributed by atoms with Crippen LogP contribution >= 0.6 is 11.6 Å². The first-order chi connectivity index (χ1) is 8.89. The van der Waals surface area contributed by atoms with Crippen LogP contribution in [0.5, 0.6) is 0 Å². The first-order valence-electron chi connectivity index (χ1n) is 6.82. The van der Waals surface area contributed by atoms with Crippen molar-refractivity contribution in [2.45, 2.75) is 33.2 Å². The van der Waals surface area contributed by atoms with E-state index < -0.39 is 0 Å². The Morgan fingerprint density at radius 2 is 2.11 bits per heavy atom. The van der Waals surface area contributed by atoms with Crippen molar-refractivity contribution in [3.8, 4) is 0 Å². The smallest absolute Gasteiger partial charge is 0.165 e. The fourth-order valence-corrected chi connectivity index (χ4v) is 2.63. The lowest BCUT2D eigenvalue weighted by Crippen LogP contribution is -2.46. The molecular weight excluding hydrogens is 263 g/mol. The van der Waals surface area contributed by atoms with Crippen molar-refractivity contribution in [3.63, 3.8) is 0 Å². The van der Waals surface area contributed by atoms with Gasteiger partial charge in [-0.3, -0.25) is 0 Å². The highest BCUT2D eigenvalue weighted by Crippen LogP contribution is 2.29. The monoisotopic (exact) mass is 284 g/mol. The quantitative estimate of drug-likeness (QED) is 0.846. The molecule has 2 rings (SSSR count). The minimum Gasteiger partial charge on any atom is -0.367 e. The summed E-state index contributed by atoms with van der Waals surface area (Å²) in [6.07, 6.45) is 1.01. The van der Waals surface area contributed by atoms with Crippen LogP contribution in [0.2, 0.25) is 5.02 Å². The number of nitrogens with one attached hydrogen (secondary N) is 1. The highest BCUT2D eigenvalue weighted by Gasteiger charge is 2.29. The summed E-state index contributed by atoms with van der Waals surface area (Å²) < 4.78 is 14.1. The van der Waals surface area contributed by atoms with Crippen molar-refractivity contribution in [1.29, 1.82) is 0 Å². The molecule has 0 aliphatic carbocycles. The van der Waals surface area contributed by atoms with Crippen LogP contribution < -0.4 is 10.2 Å². The van der Waals surface area contributed by atoms with E-state index in [4.69, 9.17) is 11.6 Å². The maximum absolute atomic E-state index is 14.1. The van der Waals surface area contributed by atoms with Crippen molar-refractivity contribution in [3.05, 3.63) is 29.0 Å². The van der Waals surface area contributed by atoms with Gasteiger partial charge in [0.1, 0.15) is 0 Å². The Morgan fingerprint density at radius 1 is 1.37 bits per heavy atom. The number of hydrogen-bond acceptors (Lipinski definition) is 2. The summed E-state index contributed by atoms with van der Waals surface area (Å²) in [4.78, 5) is 2.11. The van der Waals surface area contributed by atoms with Gasteiger partial charge in [0.15, 0.2) is 5.82 Å². The van der Waals surface area contributed by atoms with Crippen LogP contribution in [0, 0.1) is 11.2 Å². The first kappa shape index (κ1) is 14.6. The molecule has 0 saturated carbocycles. The molecule has 0 radical (unpaired) electrons. The third-order valence-electron chi connectivity index (χ3n) is 3.72. The van der Waals surface area contributed by atoms with Crippen molar-refractivity contribution in [1.82, 2.24) is 5.32 Å². The Bertz CT molecular complexity index is 442. The third kappa shape index (κ3) is 3.40. The number of hydrogen-bond donors (Lipinski definition) is 1. The van der Waals surface area contributed by atoms with E-state index in [1.807, 2.05) is 12.1 Å². The molecule has 1 atom stereocenters. The maximum Gasteiger partial charge on any atom is 0.165 e. The maximum atomic E-state index is 14.1. The summed E-state index contributed by atoms with van der Waals surface area (Å²) in [5.74, 6) is -0.307. The zero-order valence-corrected chi connectivity index (χ0v) is 12.6. The molecule has 0 amide bonds. The summed E-state index contributed by atoms with van der Waals surface area (Å²) in [6, 6.07) is 5.56. The predicted molar refractivity (Wildman–Crippen MR) is 79.5 cm³/mol. The topological polar surface area (TPSA) is 15.3 Å². The molecule has 4 heteroatoms. The van der Waals surface area contributed by atoms with E-state index in [0.29, 0.717) is 11.7 Å². The second-order valence-electron chi connectivity index (χ2n) is 6.25. The summed E-state index contributed by atoms with van der Waals surface area (Å²) in [6.45, 7) is 9.27. The van der Waals surface area contributed by atoms with Crippen LogP contribution in [-0.4, -0.2) is 25.7 Å². The fourth-order valence-electron chi connectivity index (χ4n) is 2.46. The molecule has 1 unspecified atom stereocenters. The molecule has 1 fully saturated rings. The lowest BCUT2D eigenvalue weighted by Gasteiger charge is -2.34. The molecule has 2 nitrogen and oxygen atoms in total. The molecule has 106 valence electrons. The molecule has 0 bridgehead atoms. The van der Waals surface area contributed by atoms with Gasteiger partial charge in [-0.15, -0.1) is 0 Å². The summed E-state index contributed by atoms with van der Waals surface area (Å²) in [5.41, 5.74) is 0.767. The van der Waals surface area contributed by atoms with Crippen LogP contribution in [-0.2, 0) is 0 Å². The predicted octanol–water partition coefficient (Wildman–Crippen LogP) is 3.69. The molecule has 1 aromatic carbocycles. The van der Waals surface area contributed by atoms with E-state index in [2.05, 4.69) is 31.0 Å². The van der Waals surface area contributed by atoms with Gasteiger partial charge >= 0.3 is 0 Å². The van der Waals surface area contributed by atoms with Gasteiger partial charge in [0.25, 0.3) is 0 Å². The lowest BCUT2D eigenvalue weighted by molar-refractivity contribution is 0.280. The summed E-state index contributed by atoms with van der Waals surface area (Å²) >= 11 is 5.88. The number of halogens is 2. The van der Waals surface area contributed by atoms with E-state index in [9.17, 15) is 4.39 Å². The summed E-state index contributed by atoms with van der Waals surface area (Å²) in [7, 11) is 0. The van der Waals surface area contributed by atoms with Crippen LogP contribution in [0.1, 0.15) is 27.2 Å². The molecule has 0 spiro atoms. The van der Waals surface area contributed by atoms with Gasteiger partial charge < -0.3 is 10.2 Å². The van der Waals surface area contributed by atoms with E-state index in [-0.39, 0.29) is 16.3 Å². The second-order valence-corrected chi connectivity index (χ2v) is 6.65. The van der Waals surface area contributed by atoms with Crippen LogP contribution in [0.15, 0.2) is 18.2 Å². The largest absolute Gasteiger partial charge is 0.367 e. The van der Waals surface area contributed by atoms with Gasteiger partial charge in [0.05, 0.1) is 10.7 Å². The minimum atomic E-state index is -0.307. The SMILES string of the molecule is CC(C)(C)C1CN(c2cccc(Cl)c2F)CCCN1. The molecule has 1 N–H and O–H groups in total. The minimum absolute atomic E-state index is 0.150. The molecule has 1 heterocycles. The Balaban J connectivity index is 2.25. The highest BCUT2D eigenvalue weighted by atomic mass is 35.5. The van der Waals surface area contributed by atoms with Gasteiger partial charge in [-0.25, -0.2) is 4.39 Å². The Morgan fingerprint density at radius 3 is 2.79 bits per heavy atom. The van der Waals surface area contributed by atoms with Crippen LogP contribution in [0.3, 0.4) is 0 Å². The lowest BCUT2D eigenvalue weighted by atomic mass is 9.86. The van der Waals surface area contributed by atoms with Gasteiger partial charge in [0, 0.05) is 19.1 Å². The third-order valence-corrected chi connectivity index (χ3v) is 4.01. The van der Waals surface area contributed by atoms with Gasteiger partial charge in [-0.05, 0) is 30.5 Å². The zero-order chi connectivity index (χ0) is 14.0. The molecule has 1 aliphatic rings. The second kappa shape index (κ2) is 5.68. The molecular formula is C15H22ClFN2. The molecule has 0 aromatic heterocycles. The summed E-state index contributed by atoms with van der Waals surface area (Å²) in [5, 5.41) is 3.75. The Kier molecular flexibility index (Phi) is 4.36. The van der Waals surface area contributed by atoms with Crippen molar-refractivity contribution < 1.29 is 4.39 Å². The van der Waals surface area contributed by atoms with Crippen LogP contribution in [0.4, 0.5) is 10.1 Å². The fraction of sp³-hybridized carbons (Fsp3) is 0.600. The standard InChI is InChI=1S/C15H22ClFN2/c1-15(2,3)13-10-19(9-5-8-18-13)12-7-4-6-11(16)14(12)17/h4,6-7,13,18H,5,8-10H2,1-3H3. The highest BCUT2D eigenvalue weighted by molar-refractivity contribution is 6.31. The van der Waals surface area contributed by atoms with Crippen molar-refractivity contribution >= 4 is 17.3 Å². The van der Waals surface area contributed by atoms with Crippen molar-refractivity contribution in [2.75, 3.05) is 24.5 Å². The number of nitrogens with zero attached hydrogens (tertiary/aromatic N) is 1. The van der Waals surface area contributed by atoms with Gasteiger partial charge in [-0.2, -0.15) is 0 Å². The van der Waals surface area contributed by atoms with Crippen molar-refractivity contribution in [2.24, 2.45) is 5.41 Å². The van der Waals surface area contributed by atoms with E-state index in [0.717, 1.165) is 26.1 Å². The average molecular weight is 285 g/mol. The normalized spacial score (nSPS) is 21.3. The Hall–Kier alpha value is -0.800.